The molecule has 1 saturated heterocycles. The van der Waals surface area contributed by atoms with Crippen LogP contribution in [0.4, 0.5) is 4.79 Å². The number of esters is 1. The Hall–Kier alpha value is -2.04. The number of hydrogen-bond donors (Lipinski definition) is 0. The molecular weight excluding hydrogens is 318 g/mol. The lowest BCUT2D eigenvalue weighted by atomic mass is 9.81. The second-order valence-corrected chi connectivity index (χ2v) is 7.50. The number of carbonyl (C=O) groups excluding carboxylic acids is 2. The number of nitrogens with zero attached hydrogens (tertiary/aromatic N) is 1. The quantitative estimate of drug-likeness (QED) is 0.774. The van der Waals surface area contributed by atoms with Crippen molar-refractivity contribution in [2.24, 2.45) is 0 Å². The second-order valence-electron chi connectivity index (χ2n) is 7.50. The topological polar surface area (TPSA) is 55.8 Å². The van der Waals surface area contributed by atoms with Crippen LogP contribution in [0.1, 0.15) is 52.5 Å². The molecule has 1 heterocycles. The highest BCUT2D eigenvalue weighted by molar-refractivity contribution is 5.86. The largest absolute Gasteiger partial charge is 0.464 e. The van der Waals surface area contributed by atoms with E-state index >= 15 is 0 Å². The molecule has 0 N–H and O–H groups in total. The van der Waals surface area contributed by atoms with Crippen molar-refractivity contribution in [3.05, 3.63) is 35.9 Å². The molecule has 5 nitrogen and oxygen atoms in total. The van der Waals surface area contributed by atoms with E-state index < -0.39 is 17.2 Å². The molecule has 1 amide bonds. The average Bonchev–Trinajstić information content (AvgIpc) is 2.54. The lowest BCUT2D eigenvalue weighted by molar-refractivity contribution is -0.160. The summed E-state index contributed by atoms with van der Waals surface area (Å²) < 4.78 is 11.0. The van der Waals surface area contributed by atoms with Gasteiger partial charge in [-0.2, -0.15) is 0 Å². The zero-order chi connectivity index (χ0) is 18.5. The fourth-order valence-electron chi connectivity index (χ4n) is 3.29. The lowest BCUT2D eigenvalue weighted by Crippen LogP contribution is -2.62. The summed E-state index contributed by atoms with van der Waals surface area (Å²) in [5, 5.41) is 0. The third-order valence-corrected chi connectivity index (χ3v) is 4.35. The van der Waals surface area contributed by atoms with E-state index in [1.165, 1.54) is 0 Å². The Bertz CT molecular complexity index is 593. The standard InChI is InChI=1S/C20H29NO4/c1-5-24-17(22)20(15-16-11-7-6-8-12-16)13-9-10-14-21(20)18(23)25-19(2,3)4/h6-8,11-12H,5,9-10,13-15H2,1-4H3. The minimum atomic E-state index is -1.00. The molecule has 5 heteroatoms. The van der Waals surface area contributed by atoms with Crippen LogP contribution in [0.3, 0.4) is 0 Å². The summed E-state index contributed by atoms with van der Waals surface area (Å²) in [5.41, 5.74) is -0.606. The van der Waals surface area contributed by atoms with Crippen LogP contribution < -0.4 is 0 Å². The fraction of sp³-hybridized carbons (Fsp3) is 0.600. The van der Waals surface area contributed by atoms with Crippen LogP contribution in [0.15, 0.2) is 30.3 Å². The SMILES string of the molecule is CCOC(=O)C1(Cc2ccccc2)CCCCN1C(=O)OC(C)(C)C. The maximum atomic E-state index is 12.9. The molecule has 1 aromatic rings. The predicted octanol–water partition coefficient (Wildman–Crippen LogP) is 3.95. The molecule has 0 aromatic heterocycles. The van der Waals surface area contributed by atoms with Crippen LogP contribution in [0, 0.1) is 0 Å². The summed E-state index contributed by atoms with van der Waals surface area (Å²) >= 11 is 0. The van der Waals surface area contributed by atoms with Gasteiger partial charge >= 0.3 is 12.1 Å². The molecule has 1 fully saturated rings. The van der Waals surface area contributed by atoms with Crippen LogP contribution in [0.5, 0.6) is 0 Å². The Morgan fingerprint density at radius 3 is 2.44 bits per heavy atom. The van der Waals surface area contributed by atoms with Gasteiger partial charge in [0.15, 0.2) is 0 Å². The summed E-state index contributed by atoms with van der Waals surface area (Å²) in [5.74, 6) is -0.343. The normalized spacial score (nSPS) is 20.9. The number of benzene rings is 1. The minimum absolute atomic E-state index is 0.289. The molecule has 138 valence electrons. The zero-order valence-corrected chi connectivity index (χ0v) is 15.7. The first-order valence-electron chi connectivity index (χ1n) is 9.00. The number of carbonyl (C=O) groups is 2. The van der Waals surface area contributed by atoms with Crippen LogP contribution in [0.25, 0.3) is 0 Å². The van der Waals surface area contributed by atoms with Gasteiger partial charge in [-0.25, -0.2) is 9.59 Å². The molecule has 0 radical (unpaired) electrons. The van der Waals surface area contributed by atoms with Gasteiger partial charge < -0.3 is 9.47 Å². The first kappa shape index (κ1) is 19.3. The van der Waals surface area contributed by atoms with Crippen molar-refractivity contribution in [1.82, 2.24) is 4.90 Å². The molecule has 0 saturated carbocycles. The van der Waals surface area contributed by atoms with Crippen LogP contribution >= 0.6 is 0 Å². The van der Waals surface area contributed by atoms with Gasteiger partial charge in [-0.1, -0.05) is 30.3 Å². The second kappa shape index (κ2) is 7.89. The number of likely N-dealkylation sites (tertiary alicyclic amines) is 1. The third-order valence-electron chi connectivity index (χ3n) is 4.35. The molecule has 0 spiro atoms. The number of piperidine rings is 1. The van der Waals surface area contributed by atoms with Gasteiger partial charge in [0.25, 0.3) is 0 Å². The number of amides is 1. The fourth-order valence-corrected chi connectivity index (χ4v) is 3.29. The summed E-state index contributed by atoms with van der Waals surface area (Å²) in [7, 11) is 0. The predicted molar refractivity (Wildman–Crippen MR) is 96.3 cm³/mol. The van der Waals surface area contributed by atoms with Gasteiger partial charge in [-0.05, 0) is 52.5 Å². The Morgan fingerprint density at radius 1 is 1.16 bits per heavy atom. The first-order chi connectivity index (χ1) is 11.8. The van der Waals surface area contributed by atoms with Crippen molar-refractivity contribution >= 4 is 12.1 Å². The summed E-state index contributed by atoms with van der Waals surface area (Å²) in [4.78, 5) is 27.3. The van der Waals surface area contributed by atoms with E-state index in [0.717, 1.165) is 18.4 Å². The molecule has 2 rings (SSSR count). The van der Waals surface area contributed by atoms with Crippen molar-refractivity contribution in [3.63, 3.8) is 0 Å². The van der Waals surface area contributed by atoms with E-state index in [-0.39, 0.29) is 12.6 Å². The maximum absolute atomic E-state index is 12.9. The van der Waals surface area contributed by atoms with Crippen molar-refractivity contribution < 1.29 is 19.1 Å². The summed E-state index contributed by atoms with van der Waals surface area (Å²) in [6, 6.07) is 9.77. The lowest BCUT2D eigenvalue weighted by Gasteiger charge is -2.45. The van der Waals surface area contributed by atoms with Gasteiger partial charge in [-0.3, -0.25) is 4.90 Å². The van der Waals surface area contributed by atoms with Gasteiger partial charge in [0.2, 0.25) is 0 Å². The highest BCUT2D eigenvalue weighted by atomic mass is 16.6. The van der Waals surface area contributed by atoms with Gasteiger partial charge in [0, 0.05) is 13.0 Å². The van der Waals surface area contributed by atoms with E-state index in [1.807, 2.05) is 51.1 Å². The van der Waals surface area contributed by atoms with Crippen molar-refractivity contribution in [3.8, 4) is 0 Å². The van der Waals surface area contributed by atoms with E-state index in [1.54, 1.807) is 11.8 Å². The molecule has 1 unspecified atom stereocenters. The molecule has 25 heavy (non-hydrogen) atoms. The molecular formula is C20H29NO4. The highest BCUT2D eigenvalue weighted by Crippen LogP contribution is 2.34. The van der Waals surface area contributed by atoms with Gasteiger partial charge in [-0.15, -0.1) is 0 Å². The van der Waals surface area contributed by atoms with Gasteiger partial charge in [0.1, 0.15) is 11.1 Å². The third kappa shape index (κ3) is 4.74. The number of hydrogen-bond acceptors (Lipinski definition) is 4. The van der Waals surface area contributed by atoms with E-state index in [0.29, 0.717) is 19.4 Å². The van der Waals surface area contributed by atoms with Crippen LogP contribution in [-0.4, -0.2) is 41.3 Å². The smallest absolute Gasteiger partial charge is 0.411 e. The van der Waals surface area contributed by atoms with Crippen LogP contribution in [-0.2, 0) is 20.7 Å². The molecule has 1 aliphatic rings. The minimum Gasteiger partial charge on any atom is -0.464 e. The van der Waals surface area contributed by atoms with Crippen molar-refractivity contribution in [1.29, 1.82) is 0 Å². The molecule has 0 bridgehead atoms. The Kier molecular flexibility index (Phi) is 6.09. The highest BCUT2D eigenvalue weighted by Gasteiger charge is 2.50. The Balaban J connectivity index is 2.38. The van der Waals surface area contributed by atoms with E-state index in [4.69, 9.17) is 9.47 Å². The van der Waals surface area contributed by atoms with Crippen LogP contribution in [0.2, 0.25) is 0 Å². The van der Waals surface area contributed by atoms with E-state index in [2.05, 4.69) is 0 Å². The van der Waals surface area contributed by atoms with Gasteiger partial charge in [0.05, 0.1) is 6.61 Å². The number of ether oxygens (including phenoxy) is 2. The Labute approximate surface area is 150 Å². The summed E-state index contributed by atoms with van der Waals surface area (Å²) in [6.45, 7) is 8.07. The zero-order valence-electron chi connectivity index (χ0n) is 15.7. The molecule has 1 atom stereocenters. The van der Waals surface area contributed by atoms with Crippen molar-refractivity contribution in [2.75, 3.05) is 13.2 Å². The monoisotopic (exact) mass is 347 g/mol. The average molecular weight is 347 g/mol. The molecule has 1 aromatic carbocycles. The van der Waals surface area contributed by atoms with E-state index in [9.17, 15) is 9.59 Å². The van der Waals surface area contributed by atoms with Crippen molar-refractivity contribution in [2.45, 2.75) is 64.5 Å². The summed E-state index contributed by atoms with van der Waals surface area (Å²) in [6.07, 6.45) is 2.31. The number of rotatable bonds is 4. The Morgan fingerprint density at radius 2 is 1.84 bits per heavy atom. The first-order valence-corrected chi connectivity index (χ1v) is 9.00. The maximum Gasteiger partial charge on any atom is 0.411 e. The molecule has 0 aliphatic carbocycles. The molecule has 1 aliphatic heterocycles.